The van der Waals surface area contributed by atoms with Gasteiger partial charge in [-0.05, 0) is 37.3 Å². The van der Waals surface area contributed by atoms with Crippen LogP contribution in [0.5, 0.6) is 0 Å². The predicted octanol–water partition coefficient (Wildman–Crippen LogP) is 3.17. The monoisotopic (exact) mass is 344 g/mol. The number of halogens is 1. The standard InChI is InChI=1S/C14H17ClN2O2S2/c1-20-14(6-2-3-7-14)10-17-21(18,19)13-8-11(9-16)4-5-12(13)15/h4-5,8,17H,2-3,6-7,10H2,1H3. The molecule has 2 rings (SSSR count). The normalized spacial score (nSPS) is 17.6. The Hall–Kier alpha value is -0.740. The van der Waals surface area contributed by atoms with Gasteiger partial charge in [0.1, 0.15) is 4.90 Å². The molecule has 1 N–H and O–H groups in total. The minimum atomic E-state index is -3.71. The SMILES string of the molecule is CSC1(CNS(=O)(=O)c2cc(C#N)ccc2Cl)CCCC1. The molecule has 0 heterocycles. The van der Waals surface area contributed by atoms with Gasteiger partial charge in [0, 0.05) is 11.3 Å². The first kappa shape index (κ1) is 16.6. The molecule has 0 amide bonds. The molecule has 1 aliphatic rings. The first-order valence-electron chi connectivity index (χ1n) is 6.67. The largest absolute Gasteiger partial charge is 0.242 e. The molecule has 0 aliphatic heterocycles. The highest BCUT2D eigenvalue weighted by atomic mass is 35.5. The van der Waals surface area contributed by atoms with E-state index in [2.05, 4.69) is 4.72 Å². The summed E-state index contributed by atoms with van der Waals surface area (Å²) in [6.45, 7) is 0.392. The maximum atomic E-state index is 12.4. The van der Waals surface area contributed by atoms with Crippen molar-refractivity contribution in [2.24, 2.45) is 0 Å². The van der Waals surface area contributed by atoms with Gasteiger partial charge in [0.15, 0.2) is 0 Å². The third kappa shape index (κ3) is 3.72. The van der Waals surface area contributed by atoms with Gasteiger partial charge in [0.05, 0.1) is 16.7 Å². The molecule has 7 heteroatoms. The van der Waals surface area contributed by atoms with Gasteiger partial charge in [-0.3, -0.25) is 0 Å². The average molecular weight is 345 g/mol. The van der Waals surface area contributed by atoms with Crippen molar-refractivity contribution in [3.63, 3.8) is 0 Å². The summed E-state index contributed by atoms with van der Waals surface area (Å²) < 4.78 is 27.5. The number of sulfonamides is 1. The van der Waals surface area contributed by atoms with Crippen LogP contribution in [0.2, 0.25) is 5.02 Å². The zero-order valence-electron chi connectivity index (χ0n) is 11.7. The van der Waals surface area contributed by atoms with Crippen molar-refractivity contribution in [1.82, 2.24) is 4.72 Å². The summed E-state index contributed by atoms with van der Waals surface area (Å²) in [5, 5.41) is 9.02. The zero-order chi connectivity index (χ0) is 15.5. The molecule has 1 fully saturated rings. The van der Waals surface area contributed by atoms with Crippen molar-refractivity contribution in [3.05, 3.63) is 28.8 Å². The fourth-order valence-corrected chi connectivity index (χ4v) is 5.21. The van der Waals surface area contributed by atoms with Crippen molar-refractivity contribution >= 4 is 33.4 Å². The fraction of sp³-hybridized carbons (Fsp3) is 0.500. The lowest BCUT2D eigenvalue weighted by molar-refractivity contribution is 0.551. The Balaban J connectivity index is 2.21. The number of nitriles is 1. The van der Waals surface area contributed by atoms with E-state index in [1.807, 2.05) is 12.3 Å². The van der Waals surface area contributed by atoms with Crippen LogP contribution < -0.4 is 4.72 Å². The topological polar surface area (TPSA) is 70.0 Å². The molecule has 0 radical (unpaired) electrons. The Morgan fingerprint density at radius 2 is 2.10 bits per heavy atom. The van der Waals surface area contributed by atoms with Crippen molar-refractivity contribution in [1.29, 1.82) is 5.26 Å². The predicted molar refractivity (Wildman–Crippen MR) is 86.1 cm³/mol. The maximum Gasteiger partial charge on any atom is 0.242 e. The lowest BCUT2D eigenvalue weighted by Gasteiger charge is -2.26. The summed E-state index contributed by atoms with van der Waals surface area (Å²) in [7, 11) is -3.71. The summed E-state index contributed by atoms with van der Waals surface area (Å²) in [6.07, 6.45) is 6.31. The lowest BCUT2D eigenvalue weighted by atomic mass is 10.1. The number of hydrogen-bond donors (Lipinski definition) is 1. The van der Waals surface area contributed by atoms with E-state index in [-0.39, 0.29) is 20.2 Å². The van der Waals surface area contributed by atoms with E-state index in [1.54, 1.807) is 11.8 Å². The smallest absolute Gasteiger partial charge is 0.210 e. The van der Waals surface area contributed by atoms with E-state index in [1.165, 1.54) is 18.2 Å². The second kappa shape index (κ2) is 6.57. The number of thioether (sulfide) groups is 1. The van der Waals surface area contributed by atoms with Crippen LogP contribution >= 0.6 is 23.4 Å². The van der Waals surface area contributed by atoms with Crippen LogP contribution in [0.4, 0.5) is 0 Å². The molecular weight excluding hydrogens is 328 g/mol. The summed E-state index contributed by atoms with van der Waals surface area (Å²) in [5.74, 6) is 0. The molecule has 0 aromatic heterocycles. The van der Waals surface area contributed by atoms with Gasteiger partial charge >= 0.3 is 0 Å². The highest BCUT2D eigenvalue weighted by Gasteiger charge is 2.34. The Bertz CT molecular complexity index is 662. The molecule has 21 heavy (non-hydrogen) atoms. The van der Waals surface area contributed by atoms with E-state index < -0.39 is 10.0 Å². The first-order chi connectivity index (χ1) is 9.92. The molecule has 0 unspecified atom stereocenters. The van der Waals surface area contributed by atoms with E-state index in [9.17, 15) is 8.42 Å². The van der Waals surface area contributed by atoms with Crippen molar-refractivity contribution in [2.75, 3.05) is 12.8 Å². The van der Waals surface area contributed by atoms with Gasteiger partial charge in [0.25, 0.3) is 0 Å². The van der Waals surface area contributed by atoms with Crippen molar-refractivity contribution in [3.8, 4) is 6.07 Å². The molecule has 4 nitrogen and oxygen atoms in total. The zero-order valence-corrected chi connectivity index (χ0v) is 14.1. The molecule has 0 bridgehead atoms. The Morgan fingerprint density at radius 1 is 1.43 bits per heavy atom. The number of nitrogens with zero attached hydrogens (tertiary/aromatic N) is 1. The molecule has 1 aromatic carbocycles. The van der Waals surface area contributed by atoms with E-state index in [0.29, 0.717) is 6.54 Å². The molecule has 1 aromatic rings. The van der Waals surface area contributed by atoms with E-state index in [4.69, 9.17) is 16.9 Å². The van der Waals surface area contributed by atoms with Crippen molar-refractivity contribution in [2.45, 2.75) is 35.3 Å². The van der Waals surface area contributed by atoms with E-state index in [0.717, 1.165) is 25.7 Å². The summed E-state index contributed by atoms with van der Waals surface area (Å²) >= 11 is 7.68. The van der Waals surface area contributed by atoms with Gasteiger partial charge in [-0.2, -0.15) is 17.0 Å². The molecule has 1 saturated carbocycles. The van der Waals surface area contributed by atoms with Gasteiger partial charge in [-0.1, -0.05) is 24.4 Å². The number of nitrogens with one attached hydrogen (secondary N) is 1. The summed E-state index contributed by atoms with van der Waals surface area (Å²) in [6, 6.07) is 6.18. The molecule has 114 valence electrons. The van der Waals surface area contributed by atoms with Crippen LogP contribution in [-0.4, -0.2) is 26.0 Å². The van der Waals surface area contributed by atoms with Crippen LogP contribution in [0.25, 0.3) is 0 Å². The van der Waals surface area contributed by atoms with E-state index >= 15 is 0 Å². The summed E-state index contributed by atoms with van der Waals surface area (Å²) in [5.41, 5.74) is 0.278. The highest BCUT2D eigenvalue weighted by molar-refractivity contribution is 8.00. The molecule has 0 saturated heterocycles. The Morgan fingerprint density at radius 3 is 2.67 bits per heavy atom. The van der Waals surface area contributed by atoms with Crippen LogP contribution in [-0.2, 0) is 10.0 Å². The molecular formula is C14H17ClN2O2S2. The summed E-state index contributed by atoms with van der Waals surface area (Å²) in [4.78, 5) is -0.0301. The van der Waals surface area contributed by atoms with Crippen LogP contribution in [0.15, 0.2) is 23.1 Å². The molecule has 0 spiro atoms. The van der Waals surface area contributed by atoms with Crippen LogP contribution in [0.3, 0.4) is 0 Å². The number of benzene rings is 1. The first-order valence-corrected chi connectivity index (χ1v) is 9.75. The minimum Gasteiger partial charge on any atom is -0.210 e. The minimum absolute atomic E-state index is 0.0214. The van der Waals surface area contributed by atoms with Gasteiger partial charge in [-0.25, -0.2) is 13.1 Å². The molecule has 1 aliphatic carbocycles. The Labute approximate surface area is 134 Å². The molecule has 0 atom stereocenters. The van der Waals surface area contributed by atoms with Crippen LogP contribution in [0, 0.1) is 11.3 Å². The Kier molecular flexibility index (Phi) is 5.20. The quantitative estimate of drug-likeness (QED) is 0.890. The van der Waals surface area contributed by atoms with Gasteiger partial charge in [-0.15, -0.1) is 0 Å². The second-order valence-electron chi connectivity index (χ2n) is 5.18. The highest BCUT2D eigenvalue weighted by Crippen LogP contribution is 2.40. The van der Waals surface area contributed by atoms with Crippen molar-refractivity contribution < 1.29 is 8.42 Å². The number of hydrogen-bond acceptors (Lipinski definition) is 4. The third-order valence-corrected chi connectivity index (χ3v) is 7.18. The maximum absolute atomic E-state index is 12.4. The average Bonchev–Trinajstić information content (AvgIpc) is 2.95. The van der Waals surface area contributed by atoms with Gasteiger partial charge < -0.3 is 0 Å². The second-order valence-corrected chi connectivity index (χ2v) is 8.59. The number of rotatable bonds is 5. The van der Waals surface area contributed by atoms with Crippen LogP contribution in [0.1, 0.15) is 31.2 Å². The van der Waals surface area contributed by atoms with Gasteiger partial charge in [0.2, 0.25) is 10.0 Å². The third-order valence-electron chi connectivity index (χ3n) is 3.88. The fourth-order valence-electron chi connectivity index (χ4n) is 2.56. The lowest BCUT2D eigenvalue weighted by Crippen LogP contribution is -2.38.